The number of hydrogen-bond donors (Lipinski definition) is 2. The molecule has 0 unspecified atom stereocenters. The van der Waals surface area contributed by atoms with Crippen LogP contribution in [0.3, 0.4) is 0 Å². The van der Waals surface area contributed by atoms with Gasteiger partial charge in [-0.05, 0) is 48.5 Å². The van der Waals surface area contributed by atoms with E-state index in [1.165, 1.54) is 0 Å². The van der Waals surface area contributed by atoms with Crippen LogP contribution in [0.25, 0.3) is 0 Å². The average molecular weight is 521 g/mol. The Hall–Kier alpha value is -3.38. The molecule has 0 saturated carbocycles. The molecule has 180 valence electrons. The normalized spacial score (nSPS) is 11.7. The van der Waals surface area contributed by atoms with Crippen molar-refractivity contribution >= 4 is 38.9 Å². The molecular formula is C21H14ClF5N2O4S. The average Bonchev–Trinajstić information content (AvgIpc) is 2.74. The van der Waals surface area contributed by atoms with Crippen LogP contribution in [-0.2, 0) is 21.0 Å². The van der Waals surface area contributed by atoms with Crippen molar-refractivity contribution in [2.75, 3.05) is 16.6 Å². The number of benzene rings is 3. The molecule has 0 saturated heterocycles. The number of amides is 1. The van der Waals surface area contributed by atoms with Crippen LogP contribution in [0.1, 0.15) is 5.56 Å². The summed E-state index contributed by atoms with van der Waals surface area (Å²) < 4.78 is 97.3. The highest BCUT2D eigenvalue weighted by Crippen LogP contribution is 2.32. The highest BCUT2D eigenvalue weighted by atomic mass is 35.5. The minimum atomic E-state index is -4.65. The maximum atomic E-state index is 13.6. The first-order valence-corrected chi connectivity index (χ1v) is 11.1. The number of hydrogen-bond acceptors (Lipinski definition) is 4. The van der Waals surface area contributed by atoms with E-state index in [4.69, 9.17) is 16.3 Å². The molecule has 34 heavy (non-hydrogen) atoms. The van der Waals surface area contributed by atoms with Crippen LogP contribution >= 0.6 is 11.6 Å². The number of anilines is 2. The van der Waals surface area contributed by atoms with Gasteiger partial charge in [-0.2, -0.15) is 13.2 Å². The van der Waals surface area contributed by atoms with Gasteiger partial charge in [0.1, 0.15) is 17.4 Å². The smallest absolute Gasteiger partial charge is 0.416 e. The fourth-order valence-electron chi connectivity index (χ4n) is 2.66. The maximum absolute atomic E-state index is 13.6. The van der Waals surface area contributed by atoms with Crippen molar-refractivity contribution in [3.05, 3.63) is 82.9 Å². The lowest BCUT2D eigenvalue weighted by Crippen LogP contribution is -2.21. The molecule has 0 aliphatic heterocycles. The van der Waals surface area contributed by atoms with E-state index in [-0.39, 0.29) is 27.0 Å². The molecule has 0 aliphatic carbocycles. The van der Waals surface area contributed by atoms with Crippen molar-refractivity contribution in [2.45, 2.75) is 11.1 Å². The van der Waals surface area contributed by atoms with Crippen molar-refractivity contribution in [3.63, 3.8) is 0 Å². The Morgan fingerprint density at radius 1 is 1.00 bits per heavy atom. The standard InChI is InChI=1S/C21H14ClF5N2O4S/c22-16-10-15(34(31,32)29-14-3-1-2-12(8-14)21(25,26)27)5-7-19(16)33-11-20(30)28-18-6-4-13(23)9-17(18)24/h1-10,29H,11H2,(H,28,30). The summed E-state index contributed by atoms with van der Waals surface area (Å²) in [6.45, 7) is -0.634. The Balaban J connectivity index is 1.67. The van der Waals surface area contributed by atoms with Crippen LogP contribution in [0.2, 0.25) is 5.02 Å². The third kappa shape index (κ3) is 6.35. The van der Waals surface area contributed by atoms with E-state index in [0.717, 1.165) is 48.5 Å². The lowest BCUT2D eigenvalue weighted by atomic mass is 10.2. The lowest BCUT2D eigenvalue weighted by molar-refractivity contribution is -0.137. The molecule has 0 radical (unpaired) electrons. The van der Waals surface area contributed by atoms with Crippen molar-refractivity contribution < 1.29 is 39.9 Å². The zero-order valence-corrected chi connectivity index (χ0v) is 18.4. The van der Waals surface area contributed by atoms with Crippen molar-refractivity contribution in [1.82, 2.24) is 0 Å². The summed E-state index contributed by atoms with van der Waals surface area (Å²) >= 11 is 6.01. The van der Waals surface area contributed by atoms with E-state index in [2.05, 4.69) is 5.32 Å². The molecule has 3 aromatic carbocycles. The largest absolute Gasteiger partial charge is 0.482 e. The number of alkyl halides is 3. The molecule has 3 rings (SSSR count). The quantitative estimate of drug-likeness (QED) is 0.405. The first kappa shape index (κ1) is 25.2. The van der Waals surface area contributed by atoms with E-state index in [9.17, 15) is 35.2 Å². The number of ether oxygens (including phenoxy) is 1. The third-order valence-electron chi connectivity index (χ3n) is 4.22. The first-order valence-electron chi connectivity index (χ1n) is 9.22. The van der Waals surface area contributed by atoms with E-state index in [1.807, 2.05) is 4.72 Å². The molecule has 0 spiro atoms. The summed E-state index contributed by atoms with van der Waals surface area (Å²) in [4.78, 5) is 11.6. The summed E-state index contributed by atoms with van der Waals surface area (Å²) in [5, 5.41) is 1.96. The number of halogens is 6. The van der Waals surface area contributed by atoms with Gasteiger partial charge in [-0.1, -0.05) is 17.7 Å². The molecule has 13 heteroatoms. The summed E-state index contributed by atoms with van der Waals surface area (Å²) in [6.07, 6.45) is -4.65. The molecule has 1 amide bonds. The van der Waals surface area contributed by atoms with Crippen LogP contribution in [0.4, 0.5) is 33.3 Å². The lowest BCUT2D eigenvalue weighted by Gasteiger charge is -2.13. The molecule has 0 atom stereocenters. The number of rotatable bonds is 7. The number of nitrogens with one attached hydrogen (secondary N) is 2. The van der Waals surface area contributed by atoms with Gasteiger partial charge in [-0.3, -0.25) is 9.52 Å². The van der Waals surface area contributed by atoms with E-state index in [1.54, 1.807) is 0 Å². The molecule has 3 aromatic rings. The second-order valence-electron chi connectivity index (χ2n) is 6.74. The molecule has 0 heterocycles. The molecule has 0 bridgehead atoms. The van der Waals surface area contributed by atoms with E-state index < -0.39 is 45.9 Å². The highest BCUT2D eigenvalue weighted by molar-refractivity contribution is 7.92. The second kappa shape index (κ2) is 9.85. The van der Waals surface area contributed by atoms with Gasteiger partial charge in [0.15, 0.2) is 6.61 Å². The first-order chi connectivity index (χ1) is 15.8. The zero-order valence-electron chi connectivity index (χ0n) is 16.8. The van der Waals surface area contributed by atoms with Gasteiger partial charge in [0, 0.05) is 11.8 Å². The van der Waals surface area contributed by atoms with Gasteiger partial charge >= 0.3 is 6.18 Å². The third-order valence-corrected chi connectivity index (χ3v) is 5.89. The van der Waals surface area contributed by atoms with E-state index in [0.29, 0.717) is 12.1 Å². The minimum absolute atomic E-state index is 0.0885. The maximum Gasteiger partial charge on any atom is 0.416 e. The van der Waals surface area contributed by atoms with Gasteiger partial charge < -0.3 is 10.1 Å². The Morgan fingerprint density at radius 2 is 1.74 bits per heavy atom. The molecule has 0 aromatic heterocycles. The summed E-state index contributed by atoms with van der Waals surface area (Å²) in [5.41, 5.74) is -1.62. The van der Waals surface area contributed by atoms with E-state index >= 15 is 0 Å². The Kier molecular flexibility index (Phi) is 7.32. The zero-order chi connectivity index (χ0) is 25.1. The van der Waals surface area contributed by atoms with Crippen LogP contribution in [0, 0.1) is 11.6 Å². The molecular weight excluding hydrogens is 507 g/mol. The van der Waals surface area contributed by atoms with Gasteiger partial charge in [-0.25, -0.2) is 17.2 Å². The molecule has 0 aliphatic rings. The Morgan fingerprint density at radius 3 is 2.38 bits per heavy atom. The van der Waals surface area contributed by atoms with Crippen LogP contribution < -0.4 is 14.8 Å². The van der Waals surface area contributed by atoms with Gasteiger partial charge in [0.25, 0.3) is 15.9 Å². The van der Waals surface area contributed by atoms with Crippen molar-refractivity contribution in [1.29, 1.82) is 0 Å². The number of carbonyl (C=O) groups is 1. The van der Waals surface area contributed by atoms with Gasteiger partial charge in [-0.15, -0.1) is 0 Å². The van der Waals surface area contributed by atoms with Gasteiger partial charge in [0.05, 0.1) is 21.2 Å². The fourth-order valence-corrected chi connectivity index (χ4v) is 4.03. The van der Waals surface area contributed by atoms with Crippen LogP contribution in [0.15, 0.2) is 65.6 Å². The number of sulfonamides is 1. The summed E-state index contributed by atoms with van der Waals surface area (Å²) in [6, 6.07) is 9.35. The van der Waals surface area contributed by atoms with Crippen LogP contribution in [-0.4, -0.2) is 20.9 Å². The van der Waals surface area contributed by atoms with Crippen molar-refractivity contribution in [2.24, 2.45) is 0 Å². The SMILES string of the molecule is O=C(COc1ccc(S(=O)(=O)Nc2cccc(C(F)(F)F)c2)cc1Cl)Nc1ccc(F)cc1F. The summed E-state index contributed by atoms with van der Waals surface area (Å²) in [5.74, 6) is -2.70. The highest BCUT2D eigenvalue weighted by Gasteiger charge is 2.30. The second-order valence-corrected chi connectivity index (χ2v) is 8.83. The topological polar surface area (TPSA) is 84.5 Å². The fraction of sp³-hybridized carbons (Fsp3) is 0.0952. The van der Waals surface area contributed by atoms with Gasteiger partial charge in [0.2, 0.25) is 0 Å². The Bertz CT molecular complexity index is 1330. The summed E-state index contributed by atoms with van der Waals surface area (Å²) in [7, 11) is -4.30. The molecule has 6 nitrogen and oxygen atoms in total. The number of carbonyl (C=O) groups excluding carboxylic acids is 1. The predicted octanol–water partition coefficient (Wildman–Crippen LogP) is 5.46. The predicted molar refractivity (Wildman–Crippen MR) is 114 cm³/mol. The Labute approximate surface area is 195 Å². The molecule has 2 N–H and O–H groups in total. The monoisotopic (exact) mass is 520 g/mol. The van der Waals surface area contributed by atoms with Crippen molar-refractivity contribution in [3.8, 4) is 5.75 Å². The van der Waals surface area contributed by atoms with Crippen LogP contribution in [0.5, 0.6) is 5.75 Å². The molecule has 0 fully saturated rings. The minimum Gasteiger partial charge on any atom is -0.482 e.